The predicted molar refractivity (Wildman–Crippen MR) is 68.6 cm³/mol. The highest BCUT2D eigenvalue weighted by molar-refractivity contribution is 4.69. The molecule has 0 bridgehead atoms. The Morgan fingerprint density at radius 3 is 2.00 bits per heavy atom. The van der Waals surface area contributed by atoms with Crippen LogP contribution in [0.1, 0.15) is 52.9 Å². The molecule has 0 aromatic rings. The fourth-order valence-corrected chi connectivity index (χ4v) is 1.82. The molecule has 0 saturated heterocycles. The Balaban J connectivity index is 3.89. The zero-order chi connectivity index (χ0) is 12.2. The summed E-state index contributed by atoms with van der Waals surface area (Å²) in [5, 5.41) is 3.30. The number of ether oxygens (including phenoxy) is 2. The van der Waals surface area contributed by atoms with E-state index < -0.39 is 0 Å². The van der Waals surface area contributed by atoms with Gasteiger partial charge in [-0.15, -0.1) is 0 Å². The van der Waals surface area contributed by atoms with Gasteiger partial charge in [0.2, 0.25) is 0 Å². The SMILES string of the molecule is CCCCCCC(NC)C(OCC)OCC. The normalized spacial score (nSPS) is 13.3. The number of likely N-dealkylation sites (N-methyl/N-ethyl adjacent to an activating group) is 1. The summed E-state index contributed by atoms with van der Waals surface area (Å²) >= 11 is 0. The fourth-order valence-electron chi connectivity index (χ4n) is 1.82. The molecule has 1 atom stereocenters. The number of nitrogens with one attached hydrogen (secondary N) is 1. The largest absolute Gasteiger partial charge is 0.351 e. The van der Waals surface area contributed by atoms with Gasteiger partial charge in [-0.2, -0.15) is 0 Å². The predicted octanol–water partition coefficient (Wildman–Crippen LogP) is 2.94. The lowest BCUT2D eigenvalue weighted by Crippen LogP contribution is -2.41. The molecule has 0 fully saturated rings. The van der Waals surface area contributed by atoms with Crippen molar-refractivity contribution in [2.24, 2.45) is 0 Å². The molecule has 0 saturated carbocycles. The molecule has 0 aliphatic carbocycles. The second kappa shape index (κ2) is 11.4. The first-order valence-corrected chi connectivity index (χ1v) is 6.70. The van der Waals surface area contributed by atoms with E-state index in [0.29, 0.717) is 19.3 Å². The molecule has 0 rings (SSSR count). The monoisotopic (exact) mass is 231 g/mol. The van der Waals surface area contributed by atoms with E-state index in [9.17, 15) is 0 Å². The molecular formula is C13H29NO2. The van der Waals surface area contributed by atoms with E-state index in [-0.39, 0.29) is 6.29 Å². The third kappa shape index (κ3) is 7.20. The molecule has 0 radical (unpaired) electrons. The van der Waals surface area contributed by atoms with Crippen LogP contribution in [-0.4, -0.2) is 32.6 Å². The average molecular weight is 231 g/mol. The van der Waals surface area contributed by atoms with Gasteiger partial charge >= 0.3 is 0 Å². The second-order valence-corrected chi connectivity index (χ2v) is 4.02. The summed E-state index contributed by atoms with van der Waals surface area (Å²) in [6, 6.07) is 0.316. The van der Waals surface area contributed by atoms with Crippen LogP contribution in [0.25, 0.3) is 0 Å². The number of hydrogen-bond acceptors (Lipinski definition) is 3. The molecule has 16 heavy (non-hydrogen) atoms. The van der Waals surface area contributed by atoms with E-state index in [0.717, 1.165) is 6.42 Å². The Kier molecular flexibility index (Phi) is 11.3. The molecule has 98 valence electrons. The summed E-state index contributed by atoms with van der Waals surface area (Å²) in [5.41, 5.74) is 0. The van der Waals surface area contributed by atoms with Crippen LogP contribution in [0.3, 0.4) is 0 Å². The summed E-state index contributed by atoms with van der Waals surface area (Å²) in [5.74, 6) is 0. The van der Waals surface area contributed by atoms with Crippen LogP contribution >= 0.6 is 0 Å². The summed E-state index contributed by atoms with van der Waals surface area (Å²) in [4.78, 5) is 0. The molecule has 3 nitrogen and oxygen atoms in total. The third-order valence-electron chi connectivity index (χ3n) is 2.73. The van der Waals surface area contributed by atoms with E-state index in [2.05, 4.69) is 12.2 Å². The van der Waals surface area contributed by atoms with Crippen LogP contribution in [0, 0.1) is 0 Å². The molecule has 0 aliphatic heterocycles. The van der Waals surface area contributed by atoms with Gasteiger partial charge in [-0.1, -0.05) is 32.6 Å². The first-order chi connectivity index (χ1) is 7.79. The van der Waals surface area contributed by atoms with E-state index in [1.54, 1.807) is 0 Å². The summed E-state index contributed by atoms with van der Waals surface area (Å²) < 4.78 is 11.2. The Hall–Kier alpha value is -0.120. The lowest BCUT2D eigenvalue weighted by Gasteiger charge is -2.26. The lowest BCUT2D eigenvalue weighted by atomic mass is 10.1. The van der Waals surface area contributed by atoms with Gasteiger partial charge in [0, 0.05) is 13.2 Å². The van der Waals surface area contributed by atoms with Crippen molar-refractivity contribution >= 4 is 0 Å². The standard InChI is InChI=1S/C13H29NO2/c1-5-8-9-10-11-12(14-4)13(15-6-2)16-7-3/h12-14H,5-11H2,1-4H3. The summed E-state index contributed by atoms with van der Waals surface area (Å²) in [6.07, 6.45) is 6.19. The van der Waals surface area contributed by atoms with Crippen LogP contribution in [-0.2, 0) is 9.47 Å². The number of unbranched alkanes of at least 4 members (excludes halogenated alkanes) is 3. The van der Waals surface area contributed by atoms with Gasteiger partial charge in [0.25, 0.3) is 0 Å². The quantitative estimate of drug-likeness (QED) is 0.438. The fraction of sp³-hybridized carbons (Fsp3) is 1.00. The lowest BCUT2D eigenvalue weighted by molar-refractivity contribution is -0.154. The smallest absolute Gasteiger partial charge is 0.172 e. The molecule has 0 heterocycles. The first kappa shape index (κ1) is 15.9. The van der Waals surface area contributed by atoms with Crippen molar-refractivity contribution < 1.29 is 9.47 Å². The van der Waals surface area contributed by atoms with Gasteiger partial charge in [0.15, 0.2) is 6.29 Å². The summed E-state index contributed by atoms with van der Waals surface area (Å²) in [6.45, 7) is 7.67. The minimum Gasteiger partial charge on any atom is -0.351 e. The average Bonchev–Trinajstić information content (AvgIpc) is 2.29. The van der Waals surface area contributed by atoms with Crippen molar-refractivity contribution in [3.63, 3.8) is 0 Å². The minimum atomic E-state index is -0.0957. The highest BCUT2D eigenvalue weighted by Crippen LogP contribution is 2.11. The van der Waals surface area contributed by atoms with Gasteiger partial charge in [-0.05, 0) is 27.3 Å². The zero-order valence-electron chi connectivity index (χ0n) is 11.4. The van der Waals surface area contributed by atoms with Crippen molar-refractivity contribution in [2.45, 2.75) is 65.2 Å². The zero-order valence-corrected chi connectivity index (χ0v) is 11.4. The van der Waals surface area contributed by atoms with Crippen LogP contribution in [0.15, 0.2) is 0 Å². The van der Waals surface area contributed by atoms with Gasteiger partial charge in [0.1, 0.15) is 0 Å². The van der Waals surface area contributed by atoms with Crippen molar-refractivity contribution in [3.8, 4) is 0 Å². The maximum absolute atomic E-state index is 5.61. The number of rotatable bonds is 11. The Morgan fingerprint density at radius 1 is 0.938 bits per heavy atom. The van der Waals surface area contributed by atoms with Crippen LogP contribution in [0.2, 0.25) is 0 Å². The Morgan fingerprint density at radius 2 is 1.56 bits per heavy atom. The Bertz CT molecular complexity index is 136. The molecule has 0 aliphatic rings. The van der Waals surface area contributed by atoms with Crippen molar-refractivity contribution in [1.29, 1.82) is 0 Å². The topological polar surface area (TPSA) is 30.5 Å². The molecule has 0 aromatic heterocycles. The molecule has 1 unspecified atom stereocenters. The van der Waals surface area contributed by atoms with Crippen LogP contribution < -0.4 is 5.32 Å². The molecular weight excluding hydrogens is 202 g/mol. The van der Waals surface area contributed by atoms with Gasteiger partial charge < -0.3 is 14.8 Å². The third-order valence-corrected chi connectivity index (χ3v) is 2.73. The van der Waals surface area contributed by atoms with Crippen molar-refractivity contribution in [3.05, 3.63) is 0 Å². The molecule has 0 amide bonds. The second-order valence-electron chi connectivity index (χ2n) is 4.02. The van der Waals surface area contributed by atoms with Gasteiger partial charge in [0.05, 0.1) is 6.04 Å². The first-order valence-electron chi connectivity index (χ1n) is 6.70. The van der Waals surface area contributed by atoms with Crippen molar-refractivity contribution in [1.82, 2.24) is 5.32 Å². The number of hydrogen-bond donors (Lipinski definition) is 1. The van der Waals surface area contributed by atoms with Crippen LogP contribution in [0.4, 0.5) is 0 Å². The molecule has 3 heteroatoms. The Labute approximate surface area is 101 Å². The molecule has 0 spiro atoms. The maximum Gasteiger partial charge on any atom is 0.172 e. The van der Waals surface area contributed by atoms with E-state index in [1.807, 2.05) is 20.9 Å². The highest BCUT2D eigenvalue weighted by Gasteiger charge is 2.19. The maximum atomic E-state index is 5.61. The van der Waals surface area contributed by atoms with Gasteiger partial charge in [-0.3, -0.25) is 0 Å². The molecule has 1 N–H and O–H groups in total. The van der Waals surface area contributed by atoms with Crippen molar-refractivity contribution in [2.75, 3.05) is 20.3 Å². The van der Waals surface area contributed by atoms with Gasteiger partial charge in [-0.25, -0.2) is 0 Å². The molecule has 0 aromatic carbocycles. The van der Waals surface area contributed by atoms with E-state index in [1.165, 1.54) is 25.7 Å². The summed E-state index contributed by atoms with van der Waals surface area (Å²) in [7, 11) is 1.98. The highest BCUT2D eigenvalue weighted by atomic mass is 16.7. The van der Waals surface area contributed by atoms with E-state index >= 15 is 0 Å². The van der Waals surface area contributed by atoms with Crippen LogP contribution in [0.5, 0.6) is 0 Å². The minimum absolute atomic E-state index is 0.0957. The van der Waals surface area contributed by atoms with E-state index in [4.69, 9.17) is 9.47 Å².